The third-order valence-electron chi connectivity index (χ3n) is 2.50. The molecule has 2 N–H and O–H groups in total. The van der Waals surface area contributed by atoms with Crippen molar-refractivity contribution in [2.75, 3.05) is 32.8 Å². The zero-order valence-corrected chi connectivity index (χ0v) is 12.7. The second-order valence-corrected chi connectivity index (χ2v) is 3.82. The molecule has 1 fully saturated rings. The Labute approximate surface area is 123 Å². The van der Waals surface area contributed by atoms with E-state index < -0.39 is 0 Å². The van der Waals surface area contributed by atoms with E-state index in [9.17, 15) is 0 Å². The van der Waals surface area contributed by atoms with E-state index in [1.807, 2.05) is 4.90 Å². The predicted octanol–water partition coefficient (Wildman–Crippen LogP) is 0.185. The van der Waals surface area contributed by atoms with Crippen LogP contribution in [0.5, 0.6) is 0 Å². The first kappa shape index (κ1) is 15.2. The molecule has 2 heterocycles. The minimum Gasteiger partial charge on any atom is -0.378 e. The van der Waals surface area contributed by atoms with Crippen LogP contribution in [-0.2, 0) is 11.2 Å². The van der Waals surface area contributed by atoms with E-state index >= 15 is 0 Å². The van der Waals surface area contributed by atoms with E-state index in [0.29, 0.717) is 43.9 Å². The maximum Gasteiger partial charge on any atom is 0.228 e. The van der Waals surface area contributed by atoms with E-state index in [1.165, 1.54) is 0 Å². The Balaban J connectivity index is 0.00000162. The van der Waals surface area contributed by atoms with Gasteiger partial charge in [-0.25, -0.2) is 0 Å². The van der Waals surface area contributed by atoms with Gasteiger partial charge in [0.1, 0.15) is 0 Å². The lowest BCUT2D eigenvalue weighted by atomic mass is 10.4. The zero-order valence-electron chi connectivity index (χ0n) is 10.3. The molecule has 7 nitrogen and oxygen atoms in total. The summed E-state index contributed by atoms with van der Waals surface area (Å²) in [5.41, 5.74) is 5.87. The lowest BCUT2D eigenvalue weighted by molar-refractivity contribution is 0.0674. The molecule has 1 saturated heterocycles. The summed E-state index contributed by atoms with van der Waals surface area (Å²) in [6.45, 7) is 5.37. The summed E-state index contributed by atoms with van der Waals surface area (Å²) in [6.07, 6.45) is 0.617. The lowest BCUT2D eigenvalue weighted by Gasteiger charge is -2.27. The summed E-state index contributed by atoms with van der Waals surface area (Å²) in [6, 6.07) is 0. The summed E-state index contributed by atoms with van der Waals surface area (Å²) >= 11 is 0. The van der Waals surface area contributed by atoms with Gasteiger partial charge in [-0.2, -0.15) is 4.98 Å². The Morgan fingerprint density at radius 3 is 2.78 bits per heavy atom. The molecule has 102 valence electrons. The molecule has 8 heteroatoms. The molecule has 1 aliphatic heterocycles. The van der Waals surface area contributed by atoms with Crippen molar-refractivity contribution in [2.24, 2.45) is 10.7 Å². The molecule has 2 rings (SSSR count). The van der Waals surface area contributed by atoms with Gasteiger partial charge in [0.05, 0.1) is 19.8 Å². The number of nitrogens with two attached hydrogens (primary N) is 1. The number of aromatic nitrogens is 2. The number of hydrogen-bond donors (Lipinski definition) is 1. The highest BCUT2D eigenvalue weighted by Crippen LogP contribution is 1.99. The third-order valence-corrected chi connectivity index (χ3v) is 2.50. The molecule has 0 atom stereocenters. The van der Waals surface area contributed by atoms with Crippen molar-refractivity contribution in [1.82, 2.24) is 15.0 Å². The SMILES string of the molecule is Cc1noc(CCN=C(N)N2CCOCC2)n1.I. The minimum absolute atomic E-state index is 0. The van der Waals surface area contributed by atoms with Crippen LogP contribution in [0.1, 0.15) is 11.7 Å². The van der Waals surface area contributed by atoms with Crippen LogP contribution >= 0.6 is 24.0 Å². The second-order valence-electron chi connectivity index (χ2n) is 3.82. The fourth-order valence-electron chi connectivity index (χ4n) is 1.60. The van der Waals surface area contributed by atoms with Crippen LogP contribution < -0.4 is 5.73 Å². The Morgan fingerprint density at radius 1 is 1.44 bits per heavy atom. The van der Waals surface area contributed by atoms with E-state index in [1.54, 1.807) is 6.92 Å². The number of aliphatic imine (C=N–C) groups is 1. The van der Waals surface area contributed by atoms with E-state index in [2.05, 4.69) is 15.1 Å². The van der Waals surface area contributed by atoms with Gasteiger partial charge in [-0.3, -0.25) is 4.99 Å². The summed E-state index contributed by atoms with van der Waals surface area (Å²) in [7, 11) is 0. The van der Waals surface area contributed by atoms with E-state index in [0.717, 1.165) is 13.1 Å². The molecule has 0 saturated carbocycles. The summed E-state index contributed by atoms with van der Waals surface area (Å²) in [4.78, 5) is 10.4. The van der Waals surface area contributed by atoms with Gasteiger partial charge in [-0.15, -0.1) is 24.0 Å². The first-order valence-corrected chi connectivity index (χ1v) is 5.67. The number of halogens is 1. The minimum atomic E-state index is 0. The van der Waals surface area contributed by atoms with Gasteiger partial charge in [-0.05, 0) is 6.92 Å². The second kappa shape index (κ2) is 7.52. The van der Waals surface area contributed by atoms with Crippen molar-refractivity contribution in [1.29, 1.82) is 0 Å². The highest BCUT2D eigenvalue weighted by atomic mass is 127. The first-order valence-electron chi connectivity index (χ1n) is 5.67. The van der Waals surface area contributed by atoms with Gasteiger partial charge in [0.25, 0.3) is 0 Å². The third kappa shape index (κ3) is 4.41. The molecular weight excluding hydrogens is 349 g/mol. The Morgan fingerprint density at radius 2 is 2.17 bits per heavy atom. The maximum absolute atomic E-state index is 5.87. The van der Waals surface area contributed by atoms with Crippen molar-refractivity contribution in [3.05, 3.63) is 11.7 Å². The average Bonchev–Trinajstić information content (AvgIpc) is 2.76. The zero-order chi connectivity index (χ0) is 12.1. The maximum atomic E-state index is 5.87. The molecule has 0 radical (unpaired) electrons. The van der Waals surface area contributed by atoms with Gasteiger partial charge in [0.15, 0.2) is 11.8 Å². The molecule has 0 bridgehead atoms. The van der Waals surface area contributed by atoms with Crippen molar-refractivity contribution in [3.8, 4) is 0 Å². The Hall–Kier alpha value is -0.900. The molecular formula is C10H18IN5O2. The average molecular weight is 367 g/mol. The Bertz CT molecular complexity index is 389. The molecule has 0 aromatic carbocycles. The van der Waals surface area contributed by atoms with Crippen LogP contribution in [0.2, 0.25) is 0 Å². The smallest absolute Gasteiger partial charge is 0.228 e. The number of nitrogens with zero attached hydrogens (tertiary/aromatic N) is 4. The topological polar surface area (TPSA) is 89.8 Å². The standard InChI is InChI=1S/C10H17N5O2.HI/c1-8-13-9(17-14-8)2-3-12-10(11)15-4-6-16-7-5-15;/h2-7H2,1H3,(H2,11,12);1H. The van der Waals surface area contributed by atoms with Gasteiger partial charge in [-0.1, -0.05) is 5.16 Å². The van der Waals surface area contributed by atoms with Crippen molar-refractivity contribution >= 4 is 29.9 Å². The van der Waals surface area contributed by atoms with Crippen molar-refractivity contribution in [3.63, 3.8) is 0 Å². The van der Waals surface area contributed by atoms with Gasteiger partial charge in [0.2, 0.25) is 5.89 Å². The predicted molar refractivity (Wildman–Crippen MR) is 77.0 cm³/mol. The van der Waals surface area contributed by atoms with E-state index in [4.69, 9.17) is 15.0 Å². The highest BCUT2D eigenvalue weighted by molar-refractivity contribution is 14.0. The molecule has 0 aliphatic carbocycles. The summed E-state index contributed by atoms with van der Waals surface area (Å²) in [5.74, 6) is 1.80. The van der Waals surface area contributed by atoms with Crippen molar-refractivity contribution in [2.45, 2.75) is 13.3 Å². The summed E-state index contributed by atoms with van der Waals surface area (Å²) < 4.78 is 10.2. The molecule has 18 heavy (non-hydrogen) atoms. The Kier molecular flexibility index (Phi) is 6.33. The van der Waals surface area contributed by atoms with Crippen LogP contribution in [0.3, 0.4) is 0 Å². The number of rotatable bonds is 3. The lowest BCUT2D eigenvalue weighted by Crippen LogP contribution is -2.44. The molecule has 0 spiro atoms. The van der Waals surface area contributed by atoms with Crippen LogP contribution in [-0.4, -0.2) is 53.8 Å². The number of hydrogen-bond acceptors (Lipinski definition) is 5. The van der Waals surface area contributed by atoms with Crippen LogP contribution in [0.15, 0.2) is 9.52 Å². The fourth-order valence-corrected chi connectivity index (χ4v) is 1.60. The number of ether oxygens (including phenoxy) is 1. The fraction of sp³-hybridized carbons (Fsp3) is 0.700. The summed E-state index contributed by atoms with van der Waals surface area (Å²) in [5, 5.41) is 3.71. The number of guanidine groups is 1. The van der Waals surface area contributed by atoms with Crippen LogP contribution in [0.25, 0.3) is 0 Å². The molecule has 1 aromatic rings. The van der Waals surface area contributed by atoms with Crippen LogP contribution in [0, 0.1) is 6.92 Å². The van der Waals surface area contributed by atoms with Crippen molar-refractivity contribution < 1.29 is 9.26 Å². The van der Waals surface area contributed by atoms with Gasteiger partial charge >= 0.3 is 0 Å². The monoisotopic (exact) mass is 367 g/mol. The van der Waals surface area contributed by atoms with E-state index in [-0.39, 0.29) is 24.0 Å². The van der Waals surface area contributed by atoms with Crippen LogP contribution in [0.4, 0.5) is 0 Å². The molecule has 0 unspecified atom stereocenters. The largest absolute Gasteiger partial charge is 0.378 e. The highest BCUT2D eigenvalue weighted by Gasteiger charge is 2.12. The molecule has 1 aliphatic rings. The number of aryl methyl sites for hydroxylation is 1. The van der Waals surface area contributed by atoms with Gasteiger partial charge in [0, 0.05) is 19.5 Å². The normalized spacial score (nSPS) is 16.5. The molecule has 1 aromatic heterocycles. The van der Waals surface area contributed by atoms with Gasteiger partial charge < -0.3 is 19.9 Å². The first-order chi connectivity index (χ1) is 8.25. The number of morpholine rings is 1. The quantitative estimate of drug-likeness (QED) is 0.466. The molecule has 0 amide bonds.